The number of aromatic nitrogens is 3. The summed E-state index contributed by atoms with van der Waals surface area (Å²) in [6.45, 7) is 0. The van der Waals surface area contributed by atoms with Gasteiger partial charge in [0.1, 0.15) is 24.2 Å². The summed E-state index contributed by atoms with van der Waals surface area (Å²) < 4.78 is 12.1. The van der Waals surface area contributed by atoms with Crippen molar-refractivity contribution in [2.24, 2.45) is 0 Å². The highest BCUT2D eigenvalue weighted by Crippen LogP contribution is 2.25. The fraction of sp³-hybridized carbons (Fsp3) is 0.105. The number of carbonyl (C=O) groups excluding carboxylic acids is 1. The topological polar surface area (TPSA) is 66.2 Å². The van der Waals surface area contributed by atoms with E-state index < -0.39 is 0 Å². The number of allylic oxidation sites excluding steroid dienone is 1. The van der Waals surface area contributed by atoms with E-state index in [1.807, 2.05) is 24.3 Å². The van der Waals surface area contributed by atoms with Crippen LogP contribution in [0, 0.1) is 0 Å². The normalized spacial score (nSPS) is 10.8. The molecule has 3 rings (SSSR count). The van der Waals surface area contributed by atoms with Crippen LogP contribution >= 0.6 is 0 Å². The molecule has 0 radical (unpaired) electrons. The Morgan fingerprint density at radius 1 is 1.08 bits per heavy atom. The maximum Gasteiger partial charge on any atom is 0.189 e. The van der Waals surface area contributed by atoms with Crippen LogP contribution in [0.25, 0.3) is 11.8 Å². The maximum atomic E-state index is 12.4. The third kappa shape index (κ3) is 3.74. The van der Waals surface area contributed by atoms with E-state index in [4.69, 9.17) is 9.47 Å². The van der Waals surface area contributed by atoms with Gasteiger partial charge in [-0.15, -0.1) is 0 Å². The lowest BCUT2D eigenvalue weighted by Gasteiger charge is -2.08. The van der Waals surface area contributed by atoms with Crippen LogP contribution in [0.1, 0.15) is 15.9 Å². The minimum atomic E-state index is -0.139. The maximum absolute atomic E-state index is 12.4. The third-order valence-corrected chi connectivity index (χ3v) is 3.68. The summed E-state index contributed by atoms with van der Waals surface area (Å²) in [7, 11) is 3.09. The molecule has 0 amide bonds. The van der Waals surface area contributed by atoms with Crippen molar-refractivity contribution in [3.05, 3.63) is 72.3 Å². The van der Waals surface area contributed by atoms with E-state index in [1.54, 1.807) is 42.4 Å². The van der Waals surface area contributed by atoms with Gasteiger partial charge in [-0.3, -0.25) is 4.79 Å². The van der Waals surface area contributed by atoms with Gasteiger partial charge in [0.05, 0.1) is 25.5 Å². The molecule has 0 N–H and O–H groups in total. The van der Waals surface area contributed by atoms with Crippen LogP contribution in [0.2, 0.25) is 0 Å². The van der Waals surface area contributed by atoms with E-state index in [2.05, 4.69) is 10.1 Å². The smallest absolute Gasteiger partial charge is 0.189 e. The molecule has 2 aromatic carbocycles. The predicted molar refractivity (Wildman–Crippen MR) is 94.3 cm³/mol. The van der Waals surface area contributed by atoms with Crippen LogP contribution < -0.4 is 9.47 Å². The van der Waals surface area contributed by atoms with Crippen molar-refractivity contribution in [1.82, 2.24) is 14.8 Å². The summed E-state index contributed by atoms with van der Waals surface area (Å²) in [6, 6.07) is 12.8. The lowest BCUT2D eigenvalue weighted by molar-refractivity contribution is 0.104. The van der Waals surface area contributed by atoms with Crippen molar-refractivity contribution in [3.63, 3.8) is 0 Å². The molecular formula is C19H17N3O3. The lowest BCUT2D eigenvalue weighted by Crippen LogP contribution is -1.99. The van der Waals surface area contributed by atoms with Crippen LogP contribution in [0.5, 0.6) is 11.5 Å². The molecule has 0 saturated carbocycles. The zero-order chi connectivity index (χ0) is 17.6. The van der Waals surface area contributed by atoms with Crippen molar-refractivity contribution in [1.29, 1.82) is 0 Å². The Morgan fingerprint density at radius 2 is 1.88 bits per heavy atom. The van der Waals surface area contributed by atoms with Gasteiger partial charge in [0.25, 0.3) is 0 Å². The van der Waals surface area contributed by atoms with E-state index in [-0.39, 0.29) is 5.78 Å². The molecule has 0 fully saturated rings. The van der Waals surface area contributed by atoms with E-state index in [9.17, 15) is 4.79 Å². The van der Waals surface area contributed by atoms with E-state index in [1.165, 1.54) is 19.5 Å². The molecule has 0 saturated heterocycles. The molecule has 0 bridgehead atoms. The first-order valence-corrected chi connectivity index (χ1v) is 7.61. The second-order valence-electron chi connectivity index (χ2n) is 5.20. The lowest BCUT2D eigenvalue weighted by atomic mass is 10.1. The van der Waals surface area contributed by atoms with Crippen molar-refractivity contribution in [2.45, 2.75) is 0 Å². The van der Waals surface area contributed by atoms with Crippen LogP contribution in [0.3, 0.4) is 0 Å². The van der Waals surface area contributed by atoms with E-state index in [0.717, 1.165) is 11.3 Å². The SMILES string of the molecule is COc1ccc(C(=O)C=Cc2ccc(-n3cncn3)cc2)c(OC)c1. The quantitative estimate of drug-likeness (QED) is 0.511. The van der Waals surface area contributed by atoms with Crippen LogP contribution in [0.4, 0.5) is 0 Å². The Kier molecular flexibility index (Phi) is 4.89. The van der Waals surface area contributed by atoms with Gasteiger partial charge in [-0.05, 0) is 35.9 Å². The largest absolute Gasteiger partial charge is 0.497 e. The molecule has 0 unspecified atom stereocenters. The molecule has 0 aliphatic carbocycles. The summed E-state index contributed by atoms with van der Waals surface area (Å²) >= 11 is 0. The van der Waals surface area contributed by atoms with Gasteiger partial charge < -0.3 is 9.47 Å². The number of hydrogen-bond acceptors (Lipinski definition) is 5. The first-order chi connectivity index (χ1) is 12.2. The highest BCUT2D eigenvalue weighted by molar-refractivity contribution is 6.08. The molecule has 3 aromatic rings. The zero-order valence-corrected chi connectivity index (χ0v) is 13.9. The fourth-order valence-electron chi connectivity index (χ4n) is 2.34. The number of rotatable bonds is 6. The Labute approximate surface area is 145 Å². The Balaban J connectivity index is 1.76. The molecule has 0 spiro atoms. The van der Waals surface area contributed by atoms with E-state index >= 15 is 0 Å². The molecule has 6 nitrogen and oxygen atoms in total. The van der Waals surface area contributed by atoms with Crippen molar-refractivity contribution in [2.75, 3.05) is 14.2 Å². The van der Waals surface area contributed by atoms with Gasteiger partial charge in [0.15, 0.2) is 5.78 Å². The Morgan fingerprint density at radius 3 is 2.52 bits per heavy atom. The van der Waals surface area contributed by atoms with Gasteiger partial charge in [0, 0.05) is 6.07 Å². The molecule has 0 aliphatic heterocycles. The predicted octanol–water partition coefficient (Wildman–Crippen LogP) is 3.18. The van der Waals surface area contributed by atoms with Gasteiger partial charge in [-0.2, -0.15) is 5.10 Å². The Bertz CT molecular complexity index is 885. The molecule has 6 heteroatoms. The molecule has 126 valence electrons. The highest BCUT2D eigenvalue weighted by atomic mass is 16.5. The van der Waals surface area contributed by atoms with Crippen molar-refractivity contribution in [3.8, 4) is 17.2 Å². The summed E-state index contributed by atoms with van der Waals surface area (Å²) in [4.78, 5) is 16.3. The summed E-state index contributed by atoms with van der Waals surface area (Å²) in [5.74, 6) is 0.983. The second kappa shape index (κ2) is 7.44. The molecule has 1 heterocycles. The summed E-state index contributed by atoms with van der Waals surface area (Å²) in [5.41, 5.74) is 2.29. The Hall–Kier alpha value is -3.41. The van der Waals surface area contributed by atoms with Crippen LogP contribution in [-0.4, -0.2) is 34.8 Å². The number of ketones is 1. The first kappa shape index (κ1) is 16.4. The molecule has 0 atom stereocenters. The van der Waals surface area contributed by atoms with Crippen molar-refractivity contribution >= 4 is 11.9 Å². The van der Waals surface area contributed by atoms with Crippen LogP contribution in [0.15, 0.2) is 61.2 Å². The number of benzene rings is 2. The summed E-state index contributed by atoms with van der Waals surface area (Å²) in [6.07, 6.45) is 6.39. The highest BCUT2D eigenvalue weighted by Gasteiger charge is 2.10. The van der Waals surface area contributed by atoms with Crippen molar-refractivity contribution < 1.29 is 14.3 Å². The number of ether oxygens (including phenoxy) is 2. The van der Waals surface area contributed by atoms with Gasteiger partial charge >= 0.3 is 0 Å². The molecular weight excluding hydrogens is 318 g/mol. The minimum absolute atomic E-state index is 0.139. The van der Waals surface area contributed by atoms with Gasteiger partial charge in [0.2, 0.25) is 0 Å². The monoisotopic (exact) mass is 335 g/mol. The standard InChI is InChI=1S/C19H17N3O3/c1-24-16-8-9-17(19(11-16)25-2)18(23)10-5-14-3-6-15(7-4-14)22-13-20-12-21-22/h3-13H,1-2H3. The number of hydrogen-bond donors (Lipinski definition) is 0. The third-order valence-electron chi connectivity index (χ3n) is 3.68. The molecule has 0 aliphatic rings. The average Bonchev–Trinajstić information content (AvgIpc) is 3.20. The second-order valence-corrected chi connectivity index (χ2v) is 5.20. The van der Waals surface area contributed by atoms with Crippen LogP contribution in [-0.2, 0) is 0 Å². The van der Waals surface area contributed by atoms with Gasteiger partial charge in [-0.25, -0.2) is 9.67 Å². The fourth-order valence-corrected chi connectivity index (χ4v) is 2.34. The number of nitrogens with zero attached hydrogens (tertiary/aromatic N) is 3. The average molecular weight is 335 g/mol. The summed E-state index contributed by atoms with van der Waals surface area (Å²) in [5, 5.41) is 4.07. The number of carbonyl (C=O) groups is 1. The first-order valence-electron chi connectivity index (χ1n) is 7.61. The van der Waals surface area contributed by atoms with E-state index in [0.29, 0.717) is 17.1 Å². The number of methoxy groups -OCH3 is 2. The molecule has 25 heavy (non-hydrogen) atoms. The molecule has 1 aromatic heterocycles. The zero-order valence-electron chi connectivity index (χ0n) is 13.9. The minimum Gasteiger partial charge on any atom is -0.497 e. The van der Waals surface area contributed by atoms with Gasteiger partial charge in [-0.1, -0.05) is 18.2 Å².